The van der Waals surface area contributed by atoms with Crippen molar-refractivity contribution in [2.24, 2.45) is 11.7 Å². The van der Waals surface area contributed by atoms with Gasteiger partial charge in [0.25, 0.3) is 0 Å². The van der Waals surface area contributed by atoms with Gasteiger partial charge in [-0.05, 0) is 60.6 Å². The van der Waals surface area contributed by atoms with E-state index in [9.17, 15) is 0 Å². The summed E-state index contributed by atoms with van der Waals surface area (Å²) < 4.78 is 8.98. The normalized spacial score (nSPS) is 27.2. The van der Waals surface area contributed by atoms with Crippen LogP contribution >= 0.6 is 34.4 Å². The lowest BCUT2D eigenvalue weighted by Crippen LogP contribution is -2.45. The summed E-state index contributed by atoms with van der Waals surface area (Å²) in [7, 11) is 0. The Morgan fingerprint density at radius 1 is 1.29 bits per heavy atom. The molecule has 114 valence electrons. The third kappa shape index (κ3) is 2.79. The predicted molar refractivity (Wildman–Crippen MR) is 94.6 cm³/mol. The first-order valence-electron chi connectivity index (χ1n) is 7.70. The van der Waals surface area contributed by atoms with Gasteiger partial charge in [-0.1, -0.05) is 0 Å². The number of hydrogen-bond donors (Lipinski definition) is 1. The van der Waals surface area contributed by atoms with E-state index in [1.807, 2.05) is 22.7 Å². The molecular weight excluding hydrogens is 318 g/mol. The fraction of sp³-hybridized carbons (Fsp3) is 0.625. The van der Waals surface area contributed by atoms with Gasteiger partial charge in [0.15, 0.2) is 0 Å². The van der Waals surface area contributed by atoms with Crippen LogP contribution in [0.2, 0.25) is 0 Å². The molecule has 2 unspecified atom stereocenters. The summed E-state index contributed by atoms with van der Waals surface area (Å²) in [6, 6.07) is 4.71. The van der Waals surface area contributed by atoms with Crippen molar-refractivity contribution in [1.29, 1.82) is 0 Å². The Kier molecular flexibility index (Phi) is 4.05. The van der Waals surface area contributed by atoms with Gasteiger partial charge >= 0.3 is 0 Å². The second-order valence-corrected chi connectivity index (χ2v) is 9.51. The Labute approximate surface area is 138 Å². The van der Waals surface area contributed by atoms with Crippen molar-refractivity contribution >= 4 is 43.8 Å². The number of rotatable bonds is 2. The minimum Gasteiger partial charge on any atom is -0.375 e. The van der Waals surface area contributed by atoms with Gasteiger partial charge in [-0.25, -0.2) is 0 Å². The Hall–Kier alpha value is -0.0700. The predicted octanol–water partition coefficient (Wildman–Crippen LogP) is 4.66. The van der Waals surface area contributed by atoms with Crippen LogP contribution in [0.1, 0.15) is 36.6 Å². The molecular formula is C16H21NOS3. The van der Waals surface area contributed by atoms with Crippen LogP contribution < -0.4 is 5.73 Å². The maximum absolute atomic E-state index is 6.64. The van der Waals surface area contributed by atoms with Gasteiger partial charge in [0.05, 0.1) is 5.60 Å². The van der Waals surface area contributed by atoms with Gasteiger partial charge in [-0.15, -0.1) is 22.7 Å². The second-order valence-electron chi connectivity index (χ2n) is 6.22. The van der Waals surface area contributed by atoms with E-state index in [1.54, 1.807) is 0 Å². The third-order valence-corrected chi connectivity index (χ3v) is 8.11. The molecule has 2 aliphatic heterocycles. The number of ether oxygens (including phenoxy) is 1. The molecule has 2 nitrogen and oxygen atoms in total. The lowest BCUT2D eigenvalue weighted by atomic mass is 9.78. The molecule has 0 aromatic carbocycles. The van der Waals surface area contributed by atoms with Crippen LogP contribution in [0.15, 0.2) is 17.5 Å². The molecule has 0 bridgehead atoms. The van der Waals surface area contributed by atoms with E-state index in [1.165, 1.54) is 38.6 Å². The molecule has 2 aliphatic rings. The lowest BCUT2D eigenvalue weighted by Gasteiger charge is -2.44. The summed E-state index contributed by atoms with van der Waals surface area (Å²) in [5.41, 5.74) is 6.78. The first-order chi connectivity index (χ1) is 10.3. The number of nitrogens with two attached hydrogens (primary N) is 1. The van der Waals surface area contributed by atoms with E-state index >= 15 is 0 Å². The quantitative estimate of drug-likeness (QED) is 0.864. The van der Waals surface area contributed by atoms with Gasteiger partial charge in [0.2, 0.25) is 0 Å². The molecule has 2 N–H and O–H groups in total. The molecule has 4 rings (SSSR count). The summed E-state index contributed by atoms with van der Waals surface area (Å²) in [6.07, 6.45) is 4.68. The van der Waals surface area contributed by atoms with Crippen molar-refractivity contribution in [3.05, 3.63) is 22.4 Å². The minimum atomic E-state index is 0.139. The molecule has 2 aromatic rings. The summed E-state index contributed by atoms with van der Waals surface area (Å²) in [4.78, 5) is 1.36. The fourth-order valence-electron chi connectivity index (χ4n) is 3.65. The second kappa shape index (κ2) is 5.85. The summed E-state index contributed by atoms with van der Waals surface area (Å²) in [6.45, 7) is 0.892. The monoisotopic (exact) mass is 339 g/mol. The highest BCUT2D eigenvalue weighted by molar-refractivity contribution is 7.99. The maximum Gasteiger partial charge on any atom is 0.0701 e. The van der Waals surface area contributed by atoms with Crippen molar-refractivity contribution in [2.75, 3.05) is 18.1 Å². The Bertz CT molecular complexity index is 580. The Morgan fingerprint density at radius 2 is 2.14 bits per heavy atom. The smallest absolute Gasteiger partial charge is 0.0701 e. The molecule has 2 atom stereocenters. The SMILES string of the molecule is NC(c1cc2sccc2s1)C1CCOC2(CCSCC2)C1. The van der Waals surface area contributed by atoms with Crippen molar-refractivity contribution in [2.45, 2.75) is 37.3 Å². The van der Waals surface area contributed by atoms with E-state index in [0.717, 1.165) is 19.4 Å². The molecule has 4 heterocycles. The molecule has 2 fully saturated rings. The zero-order valence-electron chi connectivity index (χ0n) is 12.0. The van der Waals surface area contributed by atoms with E-state index in [-0.39, 0.29) is 11.6 Å². The Balaban J connectivity index is 1.53. The van der Waals surface area contributed by atoms with Crippen molar-refractivity contribution in [3.8, 4) is 0 Å². The average molecular weight is 340 g/mol. The lowest BCUT2D eigenvalue weighted by molar-refractivity contribution is -0.105. The van der Waals surface area contributed by atoms with E-state index in [2.05, 4.69) is 29.3 Å². The van der Waals surface area contributed by atoms with Crippen LogP contribution in [-0.2, 0) is 4.74 Å². The molecule has 0 aliphatic carbocycles. The average Bonchev–Trinajstić information content (AvgIpc) is 3.08. The van der Waals surface area contributed by atoms with E-state index in [0.29, 0.717) is 5.92 Å². The first kappa shape index (κ1) is 14.5. The van der Waals surface area contributed by atoms with Gasteiger partial charge in [0.1, 0.15) is 0 Å². The van der Waals surface area contributed by atoms with Crippen molar-refractivity contribution in [1.82, 2.24) is 0 Å². The van der Waals surface area contributed by atoms with Crippen LogP contribution in [0.4, 0.5) is 0 Å². The first-order valence-corrected chi connectivity index (χ1v) is 10.6. The highest BCUT2D eigenvalue weighted by Gasteiger charge is 2.40. The molecule has 1 spiro atoms. The molecule has 0 saturated carbocycles. The van der Waals surface area contributed by atoms with Gasteiger partial charge in [0, 0.05) is 26.9 Å². The van der Waals surface area contributed by atoms with Gasteiger partial charge in [-0.3, -0.25) is 0 Å². The number of hydrogen-bond acceptors (Lipinski definition) is 5. The number of thiophene rings is 2. The molecule has 5 heteroatoms. The zero-order valence-corrected chi connectivity index (χ0v) is 14.5. The summed E-state index contributed by atoms with van der Waals surface area (Å²) in [5, 5.41) is 2.17. The minimum absolute atomic E-state index is 0.139. The molecule has 0 radical (unpaired) electrons. The van der Waals surface area contributed by atoms with Gasteiger partial charge in [-0.2, -0.15) is 11.8 Å². The Morgan fingerprint density at radius 3 is 2.95 bits per heavy atom. The van der Waals surface area contributed by atoms with Crippen LogP contribution in [-0.4, -0.2) is 23.7 Å². The molecule has 0 amide bonds. The van der Waals surface area contributed by atoms with E-state index < -0.39 is 0 Å². The molecule has 2 aromatic heterocycles. The van der Waals surface area contributed by atoms with Crippen LogP contribution in [0, 0.1) is 5.92 Å². The van der Waals surface area contributed by atoms with Crippen LogP contribution in [0.25, 0.3) is 9.40 Å². The summed E-state index contributed by atoms with van der Waals surface area (Å²) in [5.74, 6) is 3.07. The fourth-order valence-corrected chi connectivity index (χ4v) is 7.10. The van der Waals surface area contributed by atoms with Crippen molar-refractivity contribution in [3.63, 3.8) is 0 Å². The van der Waals surface area contributed by atoms with Crippen LogP contribution in [0.3, 0.4) is 0 Å². The van der Waals surface area contributed by atoms with Crippen LogP contribution in [0.5, 0.6) is 0 Å². The standard InChI is InChI=1S/C16H21NOS3/c17-15(14-9-13-12(21-14)2-6-20-13)11-1-5-18-16(10-11)3-7-19-8-4-16/h2,6,9,11,15H,1,3-5,7-8,10,17H2. The molecule has 21 heavy (non-hydrogen) atoms. The van der Waals surface area contributed by atoms with E-state index in [4.69, 9.17) is 10.5 Å². The molecule has 2 saturated heterocycles. The maximum atomic E-state index is 6.64. The number of fused-ring (bicyclic) bond motifs is 1. The highest BCUT2D eigenvalue weighted by atomic mass is 32.2. The summed E-state index contributed by atoms with van der Waals surface area (Å²) >= 11 is 5.77. The third-order valence-electron chi connectivity index (χ3n) is 4.93. The zero-order chi connectivity index (χ0) is 14.3. The highest BCUT2D eigenvalue weighted by Crippen LogP contribution is 2.44. The number of thioether (sulfide) groups is 1. The van der Waals surface area contributed by atoms with Gasteiger partial charge < -0.3 is 10.5 Å². The van der Waals surface area contributed by atoms with Crippen molar-refractivity contribution < 1.29 is 4.74 Å². The largest absolute Gasteiger partial charge is 0.375 e. The topological polar surface area (TPSA) is 35.2 Å².